The monoisotopic (exact) mass is 236 g/mol. The molecular weight excluding hydrogens is 224 g/mol. The van der Waals surface area contributed by atoms with E-state index in [4.69, 9.17) is 11.5 Å². The molecule has 0 saturated heterocycles. The van der Waals surface area contributed by atoms with E-state index in [9.17, 15) is 19.2 Å². The summed E-state index contributed by atoms with van der Waals surface area (Å²) in [5, 5.41) is 0. The molecular formula is C11H12N2O4. The fraction of sp³-hybridized carbons (Fsp3) is 0.273. The van der Waals surface area contributed by atoms with Crippen LogP contribution in [0.4, 0.5) is 0 Å². The van der Waals surface area contributed by atoms with E-state index in [2.05, 4.69) is 0 Å². The molecule has 6 heteroatoms. The van der Waals surface area contributed by atoms with Crippen molar-refractivity contribution in [2.75, 3.05) is 0 Å². The van der Waals surface area contributed by atoms with Gasteiger partial charge in [0.15, 0.2) is 5.78 Å². The quantitative estimate of drug-likeness (QED) is 0.458. The highest BCUT2D eigenvalue weighted by Gasteiger charge is 2.22. The molecule has 0 saturated carbocycles. The van der Waals surface area contributed by atoms with Crippen LogP contribution in [0, 0.1) is 0 Å². The normalized spacial score (nSPS) is 16.6. The van der Waals surface area contributed by atoms with Gasteiger partial charge < -0.3 is 11.5 Å². The van der Waals surface area contributed by atoms with Crippen molar-refractivity contribution in [1.82, 2.24) is 0 Å². The number of hydrogen-bond donors (Lipinski definition) is 2. The highest BCUT2D eigenvalue weighted by molar-refractivity contribution is 6.47. The number of rotatable bonds is 5. The van der Waals surface area contributed by atoms with Crippen molar-refractivity contribution >= 4 is 23.3 Å². The van der Waals surface area contributed by atoms with Crippen LogP contribution in [0.25, 0.3) is 0 Å². The van der Waals surface area contributed by atoms with Crippen molar-refractivity contribution in [1.29, 1.82) is 0 Å². The number of primary amides is 1. The van der Waals surface area contributed by atoms with Crippen molar-refractivity contribution in [3.63, 3.8) is 0 Å². The maximum absolute atomic E-state index is 11.7. The minimum atomic E-state index is -0.903. The fourth-order valence-electron chi connectivity index (χ4n) is 1.30. The van der Waals surface area contributed by atoms with Gasteiger partial charge in [0.1, 0.15) is 0 Å². The van der Waals surface area contributed by atoms with E-state index < -0.39 is 29.3 Å². The number of Topliss-reactive ketones (excluding diaryl/α,β-unsaturated/α-hetero) is 1. The summed E-state index contributed by atoms with van der Waals surface area (Å²) < 4.78 is 0. The van der Waals surface area contributed by atoms with E-state index >= 15 is 0 Å². The SMILES string of the molecule is NC(=O)CC[C@H](N)C(=O)C1=CC(=O)C(=O)C=C1. The highest BCUT2D eigenvalue weighted by atomic mass is 16.2. The van der Waals surface area contributed by atoms with Crippen LogP contribution in [0.3, 0.4) is 0 Å². The molecule has 1 rings (SSSR count). The molecule has 0 aromatic carbocycles. The molecule has 0 heterocycles. The molecule has 0 aliphatic heterocycles. The number of carbonyl (C=O) groups excluding carboxylic acids is 4. The Morgan fingerprint density at radius 2 is 1.82 bits per heavy atom. The number of nitrogens with two attached hydrogens (primary N) is 2. The molecule has 0 spiro atoms. The first kappa shape index (κ1) is 13.0. The second-order valence-electron chi connectivity index (χ2n) is 3.64. The molecule has 1 amide bonds. The van der Waals surface area contributed by atoms with Crippen molar-refractivity contribution in [2.24, 2.45) is 11.5 Å². The standard InChI is InChI=1S/C11H12N2O4/c12-7(2-4-10(13)16)11(17)6-1-3-8(14)9(15)5-6/h1,3,5,7H,2,4,12H2,(H2,13,16)/t7-/m0/s1. The van der Waals surface area contributed by atoms with E-state index in [0.29, 0.717) is 0 Å². The summed E-state index contributed by atoms with van der Waals surface area (Å²) in [5.41, 5.74) is 10.6. The first-order valence-electron chi connectivity index (χ1n) is 4.98. The van der Waals surface area contributed by atoms with E-state index in [-0.39, 0.29) is 18.4 Å². The molecule has 90 valence electrons. The van der Waals surface area contributed by atoms with Gasteiger partial charge in [-0.05, 0) is 18.6 Å². The Labute approximate surface area is 97.3 Å². The maximum Gasteiger partial charge on any atom is 0.226 e. The van der Waals surface area contributed by atoms with Gasteiger partial charge in [-0.15, -0.1) is 0 Å². The molecule has 1 aliphatic carbocycles. The molecule has 4 N–H and O–H groups in total. The lowest BCUT2D eigenvalue weighted by Crippen LogP contribution is -2.33. The number of allylic oxidation sites excluding steroid dienone is 3. The van der Waals surface area contributed by atoms with Gasteiger partial charge in [-0.2, -0.15) is 0 Å². The van der Waals surface area contributed by atoms with Crippen LogP contribution >= 0.6 is 0 Å². The molecule has 17 heavy (non-hydrogen) atoms. The minimum Gasteiger partial charge on any atom is -0.370 e. The minimum absolute atomic E-state index is 0.00320. The number of ketones is 3. The largest absolute Gasteiger partial charge is 0.370 e. The summed E-state index contributed by atoms with van der Waals surface area (Å²) in [6, 6.07) is -0.903. The lowest BCUT2D eigenvalue weighted by molar-refractivity contribution is -0.131. The first-order chi connectivity index (χ1) is 7.91. The molecule has 1 atom stereocenters. The van der Waals surface area contributed by atoms with Gasteiger partial charge in [-0.3, -0.25) is 19.2 Å². The molecule has 0 radical (unpaired) electrons. The molecule has 0 bridgehead atoms. The molecule has 0 aromatic heterocycles. The Bertz CT molecular complexity index is 448. The Morgan fingerprint density at radius 1 is 1.18 bits per heavy atom. The summed E-state index contributed by atoms with van der Waals surface area (Å²) in [6.45, 7) is 0. The zero-order chi connectivity index (χ0) is 13.0. The average molecular weight is 236 g/mol. The van der Waals surface area contributed by atoms with Crippen LogP contribution < -0.4 is 11.5 Å². The van der Waals surface area contributed by atoms with Crippen molar-refractivity contribution in [3.8, 4) is 0 Å². The molecule has 6 nitrogen and oxygen atoms in total. The number of hydrogen-bond acceptors (Lipinski definition) is 5. The fourth-order valence-corrected chi connectivity index (χ4v) is 1.30. The second kappa shape index (κ2) is 5.31. The highest BCUT2D eigenvalue weighted by Crippen LogP contribution is 2.10. The predicted molar refractivity (Wildman–Crippen MR) is 58.6 cm³/mol. The van der Waals surface area contributed by atoms with Gasteiger partial charge in [-0.1, -0.05) is 0 Å². The Balaban J connectivity index is 2.68. The molecule has 0 aromatic rings. The van der Waals surface area contributed by atoms with Crippen LogP contribution in [-0.2, 0) is 19.2 Å². The van der Waals surface area contributed by atoms with Crippen LogP contribution in [0.15, 0.2) is 23.8 Å². The lowest BCUT2D eigenvalue weighted by atomic mass is 9.95. The van der Waals surface area contributed by atoms with Crippen LogP contribution in [-0.4, -0.2) is 29.3 Å². The topological polar surface area (TPSA) is 120 Å². The van der Waals surface area contributed by atoms with Crippen LogP contribution in [0.2, 0.25) is 0 Å². The summed E-state index contributed by atoms with van der Waals surface area (Å²) in [4.78, 5) is 44.1. The summed E-state index contributed by atoms with van der Waals surface area (Å²) in [7, 11) is 0. The number of carbonyl (C=O) groups is 4. The van der Waals surface area contributed by atoms with E-state index in [1.54, 1.807) is 0 Å². The van der Waals surface area contributed by atoms with Crippen LogP contribution in [0.5, 0.6) is 0 Å². The third kappa shape index (κ3) is 3.46. The smallest absolute Gasteiger partial charge is 0.226 e. The average Bonchev–Trinajstić information content (AvgIpc) is 2.28. The molecule has 0 fully saturated rings. The Hall–Kier alpha value is -2.08. The Morgan fingerprint density at radius 3 is 2.35 bits per heavy atom. The summed E-state index contributed by atoms with van der Waals surface area (Å²) >= 11 is 0. The summed E-state index contributed by atoms with van der Waals surface area (Å²) in [5.74, 6) is -2.46. The van der Waals surface area contributed by atoms with Crippen molar-refractivity contribution in [2.45, 2.75) is 18.9 Å². The second-order valence-corrected chi connectivity index (χ2v) is 3.64. The van der Waals surface area contributed by atoms with Crippen molar-refractivity contribution < 1.29 is 19.2 Å². The Kier molecular flexibility index (Phi) is 4.06. The van der Waals surface area contributed by atoms with Gasteiger partial charge in [0.25, 0.3) is 0 Å². The number of amides is 1. The van der Waals surface area contributed by atoms with Gasteiger partial charge >= 0.3 is 0 Å². The van der Waals surface area contributed by atoms with Gasteiger partial charge in [0.05, 0.1) is 6.04 Å². The maximum atomic E-state index is 11.7. The van der Waals surface area contributed by atoms with Crippen LogP contribution in [0.1, 0.15) is 12.8 Å². The molecule has 1 aliphatic rings. The lowest BCUT2D eigenvalue weighted by Gasteiger charge is -2.11. The zero-order valence-electron chi connectivity index (χ0n) is 9.01. The third-order valence-electron chi connectivity index (χ3n) is 2.27. The van der Waals surface area contributed by atoms with E-state index in [1.807, 2.05) is 0 Å². The first-order valence-corrected chi connectivity index (χ1v) is 4.98. The third-order valence-corrected chi connectivity index (χ3v) is 2.27. The molecule has 0 unspecified atom stereocenters. The van der Waals surface area contributed by atoms with Crippen molar-refractivity contribution in [3.05, 3.63) is 23.8 Å². The zero-order valence-corrected chi connectivity index (χ0v) is 9.01. The predicted octanol–water partition coefficient (Wildman–Crippen LogP) is -1.22. The summed E-state index contributed by atoms with van der Waals surface area (Å²) in [6.07, 6.45) is 3.33. The van der Waals surface area contributed by atoms with Gasteiger partial charge in [-0.25, -0.2) is 0 Å². The van der Waals surface area contributed by atoms with E-state index in [0.717, 1.165) is 12.2 Å². The van der Waals surface area contributed by atoms with E-state index in [1.165, 1.54) is 6.08 Å². The van der Waals surface area contributed by atoms with Gasteiger partial charge in [0.2, 0.25) is 17.5 Å². The van der Waals surface area contributed by atoms with Gasteiger partial charge in [0, 0.05) is 18.1 Å².